The third kappa shape index (κ3) is 5.94. The van der Waals surface area contributed by atoms with E-state index in [-0.39, 0.29) is 35.4 Å². The molecule has 2 atom stereocenters. The second-order valence-corrected chi connectivity index (χ2v) is 10.5. The number of amidine groups is 2. The number of carbonyl (C=O) groups excluding carboxylic acids is 3. The molecule has 0 bridgehead atoms. The van der Waals surface area contributed by atoms with E-state index in [0.29, 0.717) is 29.7 Å². The molecular weight excluding hydrogens is 462 g/mol. The maximum Gasteiger partial charge on any atom is 0.259 e. The van der Waals surface area contributed by atoms with Gasteiger partial charge in [-0.05, 0) is 37.8 Å². The van der Waals surface area contributed by atoms with Crippen molar-refractivity contribution in [2.75, 3.05) is 6.54 Å². The number of benzene rings is 1. The number of hydrogen-bond donors (Lipinski definition) is 2. The average Bonchev–Trinajstić information content (AvgIpc) is 3.19. The lowest BCUT2D eigenvalue weighted by atomic mass is 9.95. The highest BCUT2D eigenvalue weighted by Gasteiger charge is 2.43. The molecule has 35 heavy (non-hydrogen) atoms. The van der Waals surface area contributed by atoms with Crippen molar-refractivity contribution in [1.82, 2.24) is 15.5 Å². The van der Waals surface area contributed by atoms with Crippen LogP contribution in [0.3, 0.4) is 0 Å². The van der Waals surface area contributed by atoms with Gasteiger partial charge in [-0.3, -0.25) is 19.4 Å². The Morgan fingerprint density at radius 1 is 1.17 bits per heavy atom. The van der Waals surface area contributed by atoms with Gasteiger partial charge in [0.15, 0.2) is 5.17 Å². The summed E-state index contributed by atoms with van der Waals surface area (Å²) in [5, 5.41) is 6.16. The lowest BCUT2D eigenvalue weighted by molar-refractivity contribution is -0.128. The van der Waals surface area contributed by atoms with Gasteiger partial charge in [0.1, 0.15) is 11.9 Å². The van der Waals surface area contributed by atoms with Gasteiger partial charge in [-0.2, -0.15) is 0 Å². The molecule has 2 aliphatic heterocycles. The van der Waals surface area contributed by atoms with E-state index in [1.807, 2.05) is 31.2 Å². The number of carbonyl (C=O) groups is 3. The topological polar surface area (TPSA) is 103 Å². The third-order valence-electron chi connectivity index (χ3n) is 6.64. The van der Waals surface area contributed by atoms with Crippen molar-refractivity contribution < 1.29 is 14.4 Å². The van der Waals surface area contributed by atoms with Crippen molar-refractivity contribution in [2.24, 2.45) is 9.98 Å². The van der Waals surface area contributed by atoms with Crippen LogP contribution < -0.4 is 10.6 Å². The molecule has 2 N–H and O–H groups in total. The van der Waals surface area contributed by atoms with Crippen LogP contribution in [0.4, 0.5) is 5.69 Å². The first kappa shape index (κ1) is 25.4. The van der Waals surface area contributed by atoms with Gasteiger partial charge in [-0.25, -0.2) is 9.89 Å². The standard InChI is InChI=1S/C26H35N5O3S/c1-3-5-15-27-22(32)16-20-25(34)31-23(29-20)18-13-9-10-14-19(18)30-26(31)35-21(4-2)24(33)28-17-11-7-6-8-12-17/h9-10,13-14,17,20-21H,3-8,11-12,15-16H2,1-2H3,(H,27,32)(H,28,33). The summed E-state index contributed by atoms with van der Waals surface area (Å²) in [5.74, 6) is 0.0487. The van der Waals surface area contributed by atoms with E-state index in [4.69, 9.17) is 4.99 Å². The summed E-state index contributed by atoms with van der Waals surface area (Å²) >= 11 is 1.31. The van der Waals surface area contributed by atoms with Gasteiger partial charge in [0, 0.05) is 18.2 Å². The van der Waals surface area contributed by atoms with E-state index >= 15 is 0 Å². The molecule has 1 aromatic carbocycles. The van der Waals surface area contributed by atoms with Crippen LogP contribution in [0, 0.1) is 0 Å². The number of unbranched alkanes of at least 4 members (excludes halogenated alkanes) is 1. The Kier molecular flexibility index (Phi) is 8.59. The molecule has 3 amide bonds. The minimum Gasteiger partial charge on any atom is -0.356 e. The minimum absolute atomic E-state index is 0.00202. The van der Waals surface area contributed by atoms with Crippen LogP contribution in [0.5, 0.6) is 0 Å². The average molecular weight is 498 g/mol. The zero-order valence-electron chi connectivity index (χ0n) is 20.6. The Morgan fingerprint density at radius 2 is 1.94 bits per heavy atom. The molecule has 9 heteroatoms. The first-order valence-electron chi connectivity index (χ1n) is 12.8. The predicted molar refractivity (Wildman–Crippen MR) is 140 cm³/mol. The number of fused-ring (bicyclic) bond motifs is 3. The summed E-state index contributed by atoms with van der Waals surface area (Å²) in [5.41, 5.74) is 1.48. The Balaban J connectivity index is 1.52. The van der Waals surface area contributed by atoms with Crippen LogP contribution in [0.2, 0.25) is 0 Å². The van der Waals surface area contributed by atoms with Gasteiger partial charge in [0.25, 0.3) is 5.91 Å². The molecule has 1 saturated carbocycles. The first-order chi connectivity index (χ1) is 17.0. The summed E-state index contributed by atoms with van der Waals surface area (Å²) in [7, 11) is 0. The van der Waals surface area contributed by atoms with Gasteiger partial charge in [0.2, 0.25) is 11.8 Å². The smallest absolute Gasteiger partial charge is 0.259 e. The molecule has 1 fully saturated rings. The highest BCUT2D eigenvalue weighted by Crippen LogP contribution is 2.35. The zero-order chi connectivity index (χ0) is 24.8. The third-order valence-corrected chi connectivity index (χ3v) is 7.96. The molecule has 0 saturated heterocycles. The molecule has 0 aromatic heterocycles. The molecule has 188 valence electrons. The van der Waals surface area contributed by atoms with Crippen molar-refractivity contribution >= 4 is 46.2 Å². The van der Waals surface area contributed by atoms with E-state index in [9.17, 15) is 14.4 Å². The van der Waals surface area contributed by atoms with Crippen LogP contribution in [-0.2, 0) is 14.4 Å². The van der Waals surface area contributed by atoms with Gasteiger partial charge < -0.3 is 10.6 Å². The number of aliphatic imine (C=N–C) groups is 2. The number of nitrogens with zero attached hydrogens (tertiary/aromatic N) is 3. The van der Waals surface area contributed by atoms with E-state index < -0.39 is 6.04 Å². The number of amides is 3. The van der Waals surface area contributed by atoms with Crippen LogP contribution in [0.25, 0.3) is 0 Å². The molecule has 3 aliphatic rings. The van der Waals surface area contributed by atoms with Crippen molar-refractivity contribution in [2.45, 2.75) is 89.0 Å². The number of hydrogen-bond acceptors (Lipinski definition) is 6. The minimum atomic E-state index is -0.792. The SMILES string of the molecule is CCCCNC(=O)CC1N=C2c3ccccc3N=C(SC(CC)C(=O)NC3CCCCC3)N2C1=O. The van der Waals surface area contributed by atoms with Crippen LogP contribution in [0.1, 0.15) is 77.2 Å². The molecular formula is C26H35N5O3S. The fraction of sp³-hybridized carbons (Fsp3) is 0.577. The van der Waals surface area contributed by atoms with Crippen molar-refractivity contribution in [3.8, 4) is 0 Å². The Hall–Kier alpha value is -2.68. The summed E-state index contributed by atoms with van der Waals surface area (Å²) < 4.78 is 0. The van der Waals surface area contributed by atoms with Gasteiger partial charge >= 0.3 is 0 Å². The van der Waals surface area contributed by atoms with E-state index in [2.05, 4.69) is 22.5 Å². The molecule has 4 rings (SSSR count). The largest absolute Gasteiger partial charge is 0.356 e. The molecule has 2 heterocycles. The summed E-state index contributed by atoms with van der Waals surface area (Å²) in [6.45, 7) is 4.63. The first-order valence-corrected chi connectivity index (χ1v) is 13.7. The monoisotopic (exact) mass is 497 g/mol. The van der Waals surface area contributed by atoms with E-state index in [1.54, 1.807) is 0 Å². The normalized spacial score (nSPS) is 20.5. The Morgan fingerprint density at radius 3 is 2.69 bits per heavy atom. The molecule has 0 radical (unpaired) electrons. The quantitative estimate of drug-likeness (QED) is 0.505. The van der Waals surface area contributed by atoms with Crippen molar-refractivity contribution in [3.63, 3.8) is 0 Å². The number of nitrogens with one attached hydrogen (secondary N) is 2. The molecule has 8 nitrogen and oxygen atoms in total. The van der Waals surface area contributed by atoms with Crippen LogP contribution in [-0.4, -0.2) is 57.5 Å². The van der Waals surface area contributed by atoms with E-state index in [1.165, 1.54) is 23.1 Å². The Labute approximate surface area is 211 Å². The highest BCUT2D eigenvalue weighted by molar-refractivity contribution is 8.15. The fourth-order valence-corrected chi connectivity index (χ4v) is 5.69. The second kappa shape index (κ2) is 11.8. The van der Waals surface area contributed by atoms with Crippen LogP contribution >= 0.6 is 11.8 Å². The molecule has 0 spiro atoms. The van der Waals surface area contributed by atoms with Crippen molar-refractivity contribution in [1.29, 1.82) is 0 Å². The lowest BCUT2D eigenvalue weighted by Gasteiger charge is -2.29. The maximum atomic E-state index is 13.4. The molecule has 2 unspecified atom stereocenters. The predicted octanol–water partition coefficient (Wildman–Crippen LogP) is 3.91. The molecule has 1 aliphatic carbocycles. The van der Waals surface area contributed by atoms with Gasteiger partial charge in [0.05, 0.1) is 17.4 Å². The number of para-hydroxylation sites is 1. The van der Waals surface area contributed by atoms with E-state index in [0.717, 1.165) is 44.1 Å². The maximum absolute atomic E-state index is 13.4. The summed E-state index contributed by atoms with van der Waals surface area (Å²) in [4.78, 5) is 49.9. The summed E-state index contributed by atoms with van der Waals surface area (Å²) in [6, 6.07) is 6.98. The van der Waals surface area contributed by atoms with Gasteiger partial charge in [-0.1, -0.05) is 63.4 Å². The highest BCUT2D eigenvalue weighted by atomic mass is 32.2. The second-order valence-electron chi connectivity index (χ2n) is 9.32. The van der Waals surface area contributed by atoms with Crippen molar-refractivity contribution in [3.05, 3.63) is 29.8 Å². The van der Waals surface area contributed by atoms with Crippen LogP contribution in [0.15, 0.2) is 34.3 Å². The van der Waals surface area contributed by atoms with Gasteiger partial charge in [-0.15, -0.1) is 0 Å². The number of thioether (sulfide) groups is 1. The summed E-state index contributed by atoms with van der Waals surface area (Å²) in [6.07, 6.45) is 8.05. The number of rotatable bonds is 9. The Bertz CT molecular complexity index is 1020. The lowest BCUT2D eigenvalue weighted by Crippen LogP contribution is -2.45. The fourth-order valence-electron chi connectivity index (χ4n) is 4.66. The zero-order valence-corrected chi connectivity index (χ0v) is 21.4. The molecule has 1 aromatic rings.